The molecule has 2 heterocycles. The SMILES string of the molecule is NCC1O[C@H](O[C@@H]2C(N)C[C@@H](N)C(OC3O[C@H](CO)C(O)C(N)[C@H]3O)C2O)C(O)C(O)[C@@H]1O. The van der Waals surface area contributed by atoms with Gasteiger partial charge in [-0.1, -0.05) is 0 Å². The van der Waals surface area contributed by atoms with Crippen LogP contribution in [0.5, 0.6) is 0 Å². The van der Waals surface area contributed by atoms with Crippen LogP contribution >= 0.6 is 0 Å². The van der Waals surface area contributed by atoms with E-state index in [0.29, 0.717) is 0 Å². The van der Waals surface area contributed by atoms with Gasteiger partial charge in [0.05, 0.1) is 12.6 Å². The predicted octanol–water partition coefficient (Wildman–Crippen LogP) is -7.29. The van der Waals surface area contributed by atoms with Gasteiger partial charge in [0.25, 0.3) is 0 Å². The van der Waals surface area contributed by atoms with Gasteiger partial charge < -0.3 is 77.6 Å². The molecule has 3 fully saturated rings. The van der Waals surface area contributed by atoms with Gasteiger partial charge in [0.1, 0.15) is 61.0 Å². The fraction of sp³-hybridized carbons (Fsp3) is 1.00. The molecular formula is C18H36N4O11. The zero-order valence-electron chi connectivity index (χ0n) is 17.9. The van der Waals surface area contributed by atoms with Crippen molar-refractivity contribution in [2.24, 2.45) is 22.9 Å². The van der Waals surface area contributed by atoms with Crippen molar-refractivity contribution in [1.29, 1.82) is 0 Å². The third-order valence-electron chi connectivity index (χ3n) is 6.48. The van der Waals surface area contributed by atoms with Gasteiger partial charge in [0.15, 0.2) is 12.6 Å². The Labute approximate surface area is 189 Å². The quantitative estimate of drug-likeness (QED) is 0.167. The van der Waals surface area contributed by atoms with Crippen molar-refractivity contribution in [2.75, 3.05) is 13.2 Å². The normalized spacial score (nSPS) is 53.7. The van der Waals surface area contributed by atoms with Crippen LogP contribution in [0.1, 0.15) is 6.42 Å². The predicted molar refractivity (Wildman–Crippen MR) is 108 cm³/mol. The molecule has 0 radical (unpaired) electrons. The number of rotatable bonds is 6. The highest BCUT2D eigenvalue weighted by molar-refractivity contribution is 5.01. The maximum atomic E-state index is 10.9. The minimum absolute atomic E-state index is 0.0849. The van der Waals surface area contributed by atoms with Gasteiger partial charge in [-0.15, -0.1) is 0 Å². The topological polar surface area (TPSA) is 283 Å². The second-order valence-electron chi connectivity index (χ2n) is 8.79. The Morgan fingerprint density at radius 1 is 0.667 bits per heavy atom. The number of aliphatic hydroxyl groups excluding tert-OH is 7. The molecular weight excluding hydrogens is 448 g/mol. The second-order valence-corrected chi connectivity index (χ2v) is 8.79. The van der Waals surface area contributed by atoms with Crippen LogP contribution in [-0.2, 0) is 18.9 Å². The average molecular weight is 485 g/mol. The number of aliphatic hydroxyl groups is 7. The minimum Gasteiger partial charge on any atom is -0.394 e. The average Bonchev–Trinajstić information content (AvgIpc) is 2.79. The molecule has 15 nitrogen and oxygen atoms in total. The molecule has 0 bridgehead atoms. The summed E-state index contributed by atoms with van der Waals surface area (Å²) in [5.74, 6) is 0. The van der Waals surface area contributed by atoms with Gasteiger partial charge >= 0.3 is 0 Å². The van der Waals surface area contributed by atoms with Crippen molar-refractivity contribution in [3.8, 4) is 0 Å². The van der Waals surface area contributed by atoms with Crippen molar-refractivity contribution < 1.29 is 54.7 Å². The molecule has 2 aliphatic heterocycles. The Kier molecular flexibility index (Phi) is 8.99. The van der Waals surface area contributed by atoms with Crippen LogP contribution in [0.2, 0.25) is 0 Å². The molecule has 194 valence electrons. The lowest BCUT2D eigenvalue weighted by Crippen LogP contribution is -2.68. The maximum absolute atomic E-state index is 10.9. The summed E-state index contributed by atoms with van der Waals surface area (Å²) in [4.78, 5) is 0. The molecule has 1 aliphatic carbocycles. The summed E-state index contributed by atoms with van der Waals surface area (Å²) in [6.07, 6.45) is -16.5. The molecule has 1 saturated carbocycles. The zero-order chi connectivity index (χ0) is 24.6. The van der Waals surface area contributed by atoms with Crippen molar-refractivity contribution in [3.63, 3.8) is 0 Å². The highest BCUT2D eigenvalue weighted by atomic mass is 16.7. The molecule has 0 aromatic rings. The number of hydrogen-bond donors (Lipinski definition) is 11. The molecule has 15 atom stereocenters. The number of hydrogen-bond acceptors (Lipinski definition) is 15. The molecule has 0 amide bonds. The first kappa shape index (κ1) is 27.0. The van der Waals surface area contributed by atoms with Crippen molar-refractivity contribution in [2.45, 2.75) is 98.2 Å². The summed E-state index contributed by atoms with van der Waals surface area (Å²) in [6.45, 7) is -0.763. The number of nitrogens with two attached hydrogens (primary N) is 4. The van der Waals surface area contributed by atoms with E-state index in [1.54, 1.807) is 0 Å². The van der Waals surface area contributed by atoms with E-state index in [9.17, 15) is 35.7 Å². The lowest BCUT2D eigenvalue weighted by Gasteiger charge is -2.48. The highest BCUT2D eigenvalue weighted by Gasteiger charge is 2.51. The van der Waals surface area contributed by atoms with Gasteiger partial charge in [-0.25, -0.2) is 0 Å². The third-order valence-corrected chi connectivity index (χ3v) is 6.48. The Hall–Kier alpha value is -0.600. The van der Waals surface area contributed by atoms with E-state index in [1.165, 1.54) is 0 Å². The molecule has 15 heteroatoms. The lowest BCUT2D eigenvalue weighted by molar-refractivity contribution is -0.332. The number of ether oxygens (including phenoxy) is 4. The summed E-state index contributed by atoms with van der Waals surface area (Å²) >= 11 is 0. The smallest absolute Gasteiger partial charge is 0.187 e. The third kappa shape index (κ3) is 5.32. The van der Waals surface area contributed by atoms with E-state index in [4.69, 9.17) is 41.9 Å². The van der Waals surface area contributed by atoms with Gasteiger partial charge in [0.2, 0.25) is 0 Å². The Bertz CT molecular complexity index is 584. The summed E-state index contributed by atoms with van der Waals surface area (Å²) in [5, 5.41) is 70.9. The van der Waals surface area contributed by atoms with Crippen LogP contribution in [-0.4, -0.2) is 141 Å². The van der Waals surface area contributed by atoms with Crippen LogP contribution in [0.3, 0.4) is 0 Å². The second kappa shape index (κ2) is 11.0. The van der Waals surface area contributed by atoms with Crippen LogP contribution in [0.4, 0.5) is 0 Å². The molecule has 15 N–H and O–H groups in total. The van der Waals surface area contributed by atoms with Gasteiger partial charge in [-0.2, -0.15) is 0 Å². The van der Waals surface area contributed by atoms with Crippen LogP contribution in [0, 0.1) is 0 Å². The fourth-order valence-corrected chi connectivity index (χ4v) is 4.40. The molecule has 0 spiro atoms. The Balaban J connectivity index is 1.72. The maximum Gasteiger partial charge on any atom is 0.187 e. The van der Waals surface area contributed by atoms with Crippen LogP contribution in [0.25, 0.3) is 0 Å². The molecule has 3 aliphatic rings. The van der Waals surface area contributed by atoms with E-state index in [0.717, 1.165) is 0 Å². The van der Waals surface area contributed by atoms with E-state index < -0.39 is 98.4 Å². The van der Waals surface area contributed by atoms with Gasteiger partial charge in [0, 0.05) is 18.6 Å². The van der Waals surface area contributed by atoms with E-state index in [1.807, 2.05) is 0 Å². The van der Waals surface area contributed by atoms with E-state index in [-0.39, 0.29) is 13.0 Å². The first-order valence-corrected chi connectivity index (χ1v) is 10.8. The Morgan fingerprint density at radius 2 is 1.18 bits per heavy atom. The summed E-state index contributed by atoms with van der Waals surface area (Å²) in [7, 11) is 0. The summed E-state index contributed by atoms with van der Waals surface area (Å²) in [5.41, 5.74) is 23.5. The van der Waals surface area contributed by atoms with Crippen molar-refractivity contribution in [3.05, 3.63) is 0 Å². The van der Waals surface area contributed by atoms with Crippen molar-refractivity contribution >= 4 is 0 Å². The summed E-state index contributed by atoms with van der Waals surface area (Å²) < 4.78 is 22.2. The largest absolute Gasteiger partial charge is 0.394 e. The molecule has 0 aromatic heterocycles. The highest BCUT2D eigenvalue weighted by Crippen LogP contribution is 2.31. The summed E-state index contributed by atoms with van der Waals surface area (Å²) in [6, 6.07) is -2.86. The van der Waals surface area contributed by atoms with E-state index in [2.05, 4.69) is 0 Å². The molecule has 33 heavy (non-hydrogen) atoms. The standard InChI is InChI=1S/C18H36N4O11/c19-2-6-10(25)12(27)13(28)18(30-6)33-16-5(21)1-4(20)15(14(16)29)32-17-11(26)8(22)9(24)7(3-23)31-17/h4-18,23-29H,1-3,19-22H2/t4-,5?,6?,7-,8?,9?,10-,11-,12?,13?,14?,15?,16-,17?,18-/m1/s1. The minimum atomic E-state index is -1.66. The van der Waals surface area contributed by atoms with Gasteiger partial charge in [-0.3, -0.25) is 0 Å². The molecule has 0 aromatic carbocycles. The monoisotopic (exact) mass is 484 g/mol. The van der Waals surface area contributed by atoms with E-state index >= 15 is 0 Å². The van der Waals surface area contributed by atoms with Gasteiger partial charge in [-0.05, 0) is 6.42 Å². The molecule has 3 rings (SSSR count). The van der Waals surface area contributed by atoms with Crippen LogP contribution < -0.4 is 22.9 Å². The fourth-order valence-electron chi connectivity index (χ4n) is 4.40. The molecule has 9 unspecified atom stereocenters. The molecule has 2 saturated heterocycles. The Morgan fingerprint density at radius 3 is 1.70 bits per heavy atom. The zero-order valence-corrected chi connectivity index (χ0v) is 17.9. The van der Waals surface area contributed by atoms with Crippen LogP contribution in [0.15, 0.2) is 0 Å². The first-order chi connectivity index (χ1) is 15.5. The van der Waals surface area contributed by atoms with Crippen molar-refractivity contribution in [1.82, 2.24) is 0 Å². The lowest BCUT2D eigenvalue weighted by atomic mass is 9.84. The first-order valence-electron chi connectivity index (χ1n) is 10.8.